The van der Waals surface area contributed by atoms with Gasteiger partial charge >= 0.3 is 0 Å². The lowest BCUT2D eigenvalue weighted by atomic mass is 9.96. The molecule has 0 aromatic heterocycles. The van der Waals surface area contributed by atoms with Gasteiger partial charge in [0, 0.05) is 0 Å². The molecule has 3 nitrogen and oxygen atoms in total. The molecule has 0 saturated carbocycles. The van der Waals surface area contributed by atoms with Crippen LogP contribution in [-0.2, 0) is 4.74 Å². The smallest absolute Gasteiger partial charge is 0.111 e. The summed E-state index contributed by atoms with van der Waals surface area (Å²) >= 11 is 0. The van der Waals surface area contributed by atoms with Gasteiger partial charge in [0.05, 0.1) is 18.3 Å². The first-order valence-corrected chi connectivity index (χ1v) is 4.38. The number of hydrogen-bond donors (Lipinski definition) is 2. The van der Waals surface area contributed by atoms with Crippen molar-refractivity contribution in [2.24, 2.45) is 0 Å². The zero-order valence-electron chi connectivity index (χ0n) is 8.00. The fourth-order valence-corrected chi connectivity index (χ4v) is 1.52. The van der Waals surface area contributed by atoms with Crippen molar-refractivity contribution in [2.75, 3.05) is 6.61 Å². The van der Waals surface area contributed by atoms with Gasteiger partial charge in [0.25, 0.3) is 0 Å². The lowest BCUT2D eigenvalue weighted by molar-refractivity contribution is -0.135. The van der Waals surface area contributed by atoms with Crippen molar-refractivity contribution in [3.63, 3.8) is 0 Å². The molecule has 1 rings (SSSR count). The SMILES string of the molecule is CC1(C)CC[C@H]([C@@](C)(O)CO)O1. The van der Waals surface area contributed by atoms with Crippen molar-refractivity contribution in [3.8, 4) is 0 Å². The molecule has 0 aromatic rings. The standard InChI is InChI=1S/C9H18O3/c1-8(2)5-4-7(12-8)9(3,11)6-10/h7,10-11H,4-6H2,1-3H3/t7-,9+/m1/s1. The van der Waals surface area contributed by atoms with Crippen LogP contribution in [0.3, 0.4) is 0 Å². The van der Waals surface area contributed by atoms with Crippen LogP contribution in [-0.4, -0.2) is 34.1 Å². The maximum Gasteiger partial charge on any atom is 0.111 e. The topological polar surface area (TPSA) is 49.7 Å². The molecule has 12 heavy (non-hydrogen) atoms. The van der Waals surface area contributed by atoms with Gasteiger partial charge in [0.2, 0.25) is 0 Å². The summed E-state index contributed by atoms with van der Waals surface area (Å²) in [6, 6.07) is 0. The molecule has 0 unspecified atom stereocenters. The van der Waals surface area contributed by atoms with Crippen LogP contribution in [0.1, 0.15) is 33.6 Å². The first-order valence-electron chi connectivity index (χ1n) is 4.38. The molecule has 1 fully saturated rings. The summed E-state index contributed by atoms with van der Waals surface area (Å²) < 4.78 is 5.59. The summed E-state index contributed by atoms with van der Waals surface area (Å²) in [6.07, 6.45) is 1.53. The highest BCUT2D eigenvalue weighted by molar-refractivity contribution is 4.91. The van der Waals surface area contributed by atoms with Crippen LogP contribution in [0.4, 0.5) is 0 Å². The van der Waals surface area contributed by atoms with Gasteiger partial charge in [0.1, 0.15) is 5.60 Å². The van der Waals surface area contributed by atoms with Gasteiger partial charge in [0.15, 0.2) is 0 Å². The molecule has 0 bridgehead atoms. The van der Waals surface area contributed by atoms with Crippen LogP contribution >= 0.6 is 0 Å². The summed E-state index contributed by atoms with van der Waals surface area (Å²) in [5.74, 6) is 0. The maximum absolute atomic E-state index is 9.68. The second kappa shape index (κ2) is 2.98. The molecular weight excluding hydrogens is 156 g/mol. The van der Waals surface area contributed by atoms with Gasteiger partial charge in [-0.05, 0) is 33.6 Å². The Morgan fingerprint density at radius 2 is 2.17 bits per heavy atom. The quantitative estimate of drug-likeness (QED) is 0.647. The second-order valence-electron chi connectivity index (χ2n) is 4.42. The van der Waals surface area contributed by atoms with Crippen LogP contribution in [0, 0.1) is 0 Å². The number of aliphatic hydroxyl groups is 2. The van der Waals surface area contributed by atoms with E-state index < -0.39 is 5.60 Å². The van der Waals surface area contributed by atoms with Gasteiger partial charge in [-0.15, -0.1) is 0 Å². The van der Waals surface area contributed by atoms with Gasteiger partial charge in [-0.3, -0.25) is 0 Å². The number of aliphatic hydroxyl groups excluding tert-OH is 1. The van der Waals surface area contributed by atoms with Crippen LogP contribution in [0.15, 0.2) is 0 Å². The molecule has 1 aliphatic heterocycles. The Labute approximate surface area is 73.4 Å². The summed E-state index contributed by atoms with van der Waals surface area (Å²) in [6.45, 7) is 5.37. The largest absolute Gasteiger partial charge is 0.393 e. The lowest BCUT2D eigenvalue weighted by Gasteiger charge is -2.29. The van der Waals surface area contributed by atoms with E-state index in [1.807, 2.05) is 13.8 Å². The predicted molar refractivity (Wildman–Crippen MR) is 45.9 cm³/mol. The fraction of sp³-hybridized carbons (Fsp3) is 1.00. The molecular formula is C9H18O3. The Bertz CT molecular complexity index is 163. The summed E-state index contributed by atoms with van der Waals surface area (Å²) in [5.41, 5.74) is -1.24. The molecule has 1 aliphatic rings. The predicted octanol–water partition coefficient (Wildman–Crippen LogP) is 0.687. The second-order valence-corrected chi connectivity index (χ2v) is 4.42. The third-order valence-corrected chi connectivity index (χ3v) is 2.48. The zero-order valence-corrected chi connectivity index (χ0v) is 8.00. The van der Waals surface area contributed by atoms with Gasteiger partial charge in [-0.25, -0.2) is 0 Å². The van der Waals surface area contributed by atoms with Crippen LogP contribution in [0.25, 0.3) is 0 Å². The third-order valence-electron chi connectivity index (χ3n) is 2.48. The van der Waals surface area contributed by atoms with Crippen LogP contribution in [0.2, 0.25) is 0 Å². The van der Waals surface area contributed by atoms with E-state index >= 15 is 0 Å². The molecule has 0 aliphatic carbocycles. The Hall–Kier alpha value is -0.120. The Kier molecular flexibility index (Phi) is 2.47. The molecule has 3 heteroatoms. The Morgan fingerprint density at radius 3 is 2.50 bits per heavy atom. The monoisotopic (exact) mass is 174 g/mol. The van der Waals surface area contributed by atoms with Gasteiger partial charge in [-0.2, -0.15) is 0 Å². The minimum Gasteiger partial charge on any atom is -0.393 e. The maximum atomic E-state index is 9.68. The van der Waals surface area contributed by atoms with E-state index in [1.165, 1.54) is 0 Å². The molecule has 0 radical (unpaired) electrons. The molecule has 0 spiro atoms. The minimum absolute atomic E-state index is 0.149. The summed E-state index contributed by atoms with van der Waals surface area (Å²) in [4.78, 5) is 0. The molecule has 1 saturated heterocycles. The Morgan fingerprint density at radius 1 is 1.58 bits per heavy atom. The minimum atomic E-state index is -1.09. The average Bonchev–Trinajstić information content (AvgIpc) is 2.31. The van der Waals surface area contributed by atoms with E-state index in [0.717, 1.165) is 12.8 Å². The molecule has 1 heterocycles. The van der Waals surface area contributed by atoms with E-state index in [4.69, 9.17) is 9.84 Å². The van der Waals surface area contributed by atoms with Crippen molar-refractivity contribution >= 4 is 0 Å². The number of ether oxygens (including phenoxy) is 1. The Balaban J connectivity index is 2.58. The van der Waals surface area contributed by atoms with E-state index in [1.54, 1.807) is 6.92 Å². The number of hydrogen-bond acceptors (Lipinski definition) is 3. The van der Waals surface area contributed by atoms with Crippen molar-refractivity contribution < 1.29 is 14.9 Å². The first kappa shape index (κ1) is 9.96. The number of rotatable bonds is 2. The van der Waals surface area contributed by atoms with Gasteiger partial charge < -0.3 is 14.9 Å². The zero-order chi connectivity index (χ0) is 9.41. The van der Waals surface area contributed by atoms with E-state index in [0.29, 0.717) is 0 Å². The van der Waals surface area contributed by atoms with Crippen molar-refractivity contribution in [3.05, 3.63) is 0 Å². The fourth-order valence-electron chi connectivity index (χ4n) is 1.52. The van der Waals surface area contributed by atoms with Crippen molar-refractivity contribution in [2.45, 2.75) is 50.9 Å². The first-order chi connectivity index (χ1) is 5.37. The van der Waals surface area contributed by atoms with Crippen molar-refractivity contribution in [1.29, 1.82) is 0 Å². The lowest BCUT2D eigenvalue weighted by Crippen LogP contribution is -2.43. The van der Waals surface area contributed by atoms with Gasteiger partial charge in [-0.1, -0.05) is 0 Å². The van der Waals surface area contributed by atoms with Crippen LogP contribution in [0.5, 0.6) is 0 Å². The van der Waals surface area contributed by atoms with Crippen LogP contribution < -0.4 is 0 Å². The highest BCUT2D eigenvalue weighted by Gasteiger charge is 2.41. The van der Waals surface area contributed by atoms with Crippen molar-refractivity contribution in [1.82, 2.24) is 0 Å². The average molecular weight is 174 g/mol. The van der Waals surface area contributed by atoms with E-state index in [-0.39, 0.29) is 18.3 Å². The summed E-state index contributed by atoms with van der Waals surface area (Å²) in [5, 5.41) is 18.6. The molecule has 72 valence electrons. The normalized spacial score (nSPS) is 33.2. The summed E-state index contributed by atoms with van der Waals surface area (Å²) in [7, 11) is 0. The van der Waals surface area contributed by atoms with E-state index in [2.05, 4.69) is 0 Å². The highest BCUT2D eigenvalue weighted by atomic mass is 16.5. The van der Waals surface area contributed by atoms with E-state index in [9.17, 15) is 5.11 Å². The molecule has 2 atom stereocenters. The molecule has 0 amide bonds. The third kappa shape index (κ3) is 1.97. The molecule has 2 N–H and O–H groups in total. The molecule has 0 aromatic carbocycles. The highest BCUT2D eigenvalue weighted by Crippen LogP contribution is 2.34.